The summed E-state index contributed by atoms with van der Waals surface area (Å²) in [6.07, 6.45) is -1.21. The van der Waals surface area contributed by atoms with Crippen LogP contribution in [0.1, 0.15) is 38.8 Å². The SMILES string of the molecule is C=O.CC(C)COC(=O)OCc1ccccc1.CC(C)COC(=O)OCc1ccccc1. The third-order valence-electron chi connectivity index (χ3n) is 3.47. The molecule has 0 spiro atoms. The molecule has 0 aliphatic rings. The summed E-state index contributed by atoms with van der Waals surface area (Å²) in [6.45, 7) is 11.2. The Morgan fingerprint density at radius 2 is 0.938 bits per heavy atom. The van der Waals surface area contributed by atoms with E-state index in [0.29, 0.717) is 25.0 Å². The van der Waals surface area contributed by atoms with Gasteiger partial charge in [0.2, 0.25) is 0 Å². The van der Waals surface area contributed by atoms with Gasteiger partial charge in [0.1, 0.15) is 20.0 Å². The topological polar surface area (TPSA) is 88.1 Å². The summed E-state index contributed by atoms with van der Waals surface area (Å²) in [5.41, 5.74) is 1.91. The first-order valence-corrected chi connectivity index (χ1v) is 10.3. The molecule has 7 heteroatoms. The summed E-state index contributed by atoms with van der Waals surface area (Å²) in [6, 6.07) is 19.0. The number of hydrogen-bond donors (Lipinski definition) is 0. The fourth-order valence-corrected chi connectivity index (χ4v) is 1.99. The molecule has 32 heavy (non-hydrogen) atoms. The molecule has 0 saturated carbocycles. The van der Waals surface area contributed by atoms with E-state index in [-0.39, 0.29) is 13.2 Å². The van der Waals surface area contributed by atoms with E-state index in [9.17, 15) is 9.59 Å². The molecule has 0 aromatic heterocycles. The Balaban J connectivity index is 0.000000557. The van der Waals surface area contributed by atoms with Gasteiger partial charge in [-0.15, -0.1) is 0 Å². The van der Waals surface area contributed by atoms with Crippen molar-refractivity contribution in [3.8, 4) is 0 Å². The first-order valence-electron chi connectivity index (χ1n) is 10.3. The van der Waals surface area contributed by atoms with Crippen LogP contribution in [0.3, 0.4) is 0 Å². The molecule has 0 saturated heterocycles. The second-order valence-corrected chi connectivity index (χ2v) is 7.46. The third-order valence-corrected chi connectivity index (χ3v) is 3.47. The Bertz CT molecular complexity index is 667. The lowest BCUT2D eigenvalue weighted by molar-refractivity contribution is -0.0980. The van der Waals surface area contributed by atoms with E-state index in [1.807, 2.05) is 95.1 Å². The minimum Gasteiger partial charge on any atom is -0.434 e. The number of carbonyl (C=O) groups is 3. The van der Waals surface area contributed by atoms with Crippen molar-refractivity contribution in [3.05, 3.63) is 71.8 Å². The minimum atomic E-state index is -0.604. The van der Waals surface area contributed by atoms with E-state index < -0.39 is 12.3 Å². The average Bonchev–Trinajstić information content (AvgIpc) is 2.81. The molecule has 2 aromatic rings. The average molecular weight is 447 g/mol. The molecular formula is C25H34O7. The molecule has 176 valence electrons. The van der Waals surface area contributed by atoms with Crippen molar-refractivity contribution in [3.63, 3.8) is 0 Å². The summed E-state index contributed by atoms with van der Waals surface area (Å²) in [7, 11) is 0. The maximum Gasteiger partial charge on any atom is 0.508 e. The highest BCUT2D eigenvalue weighted by Crippen LogP contribution is 2.03. The lowest BCUT2D eigenvalue weighted by Gasteiger charge is -2.07. The highest BCUT2D eigenvalue weighted by Gasteiger charge is 2.06. The van der Waals surface area contributed by atoms with Crippen LogP contribution in [-0.4, -0.2) is 32.3 Å². The van der Waals surface area contributed by atoms with Crippen LogP contribution in [-0.2, 0) is 37.0 Å². The van der Waals surface area contributed by atoms with Gasteiger partial charge in [-0.05, 0) is 23.0 Å². The van der Waals surface area contributed by atoms with Crippen LogP contribution in [0.2, 0.25) is 0 Å². The van der Waals surface area contributed by atoms with Crippen molar-refractivity contribution >= 4 is 19.1 Å². The first-order chi connectivity index (χ1) is 15.4. The van der Waals surface area contributed by atoms with Gasteiger partial charge in [-0.2, -0.15) is 0 Å². The number of hydrogen-bond acceptors (Lipinski definition) is 7. The van der Waals surface area contributed by atoms with Crippen LogP contribution in [0.25, 0.3) is 0 Å². The molecule has 0 aliphatic carbocycles. The van der Waals surface area contributed by atoms with Crippen molar-refractivity contribution < 1.29 is 33.3 Å². The maximum absolute atomic E-state index is 11.1. The summed E-state index contributed by atoms with van der Waals surface area (Å²) in [5, 5.41) is 0. The van der Waals surface area contributed by atoms with Gasteiger partial charge in [0.05, 0.1) is 13.2 Å². The Morgan fingerprint density at radius 3 is 1.22 bits per heavy atom. The maximum atomic E-state index is 11.1. The predicted octanol–water partition coefficient (Wildman–Crippen LogP) is 5.81. The lowest BCUT2D eigenvalue weighted by Crippen LogP contribution is -2.11. The standard InChI is InChI=1S/2C12H16O3.CH2O/c2*1-10(2)8-14-12(13)15-9-11-6-4-3-5-7-11;1-2/h2*3-7,10H,8-9H2,1-2H3;1H2. The van der Waals surface area contributed by atoms with Gasteiger partial charge in [-0.1, -0.05) is 88.4 Å². The van der Waals surface area contributed by atoms with Gasteiger partial charge in [0.15, 0.2) is 0 Å². The molecule has 0 aliphatic heterocycles. The van der Waals surface area contributed by atoms with E-state index >= 15 is 0 Å². The fourth-order valence-electron chi connectivity index (χ4n) is 1.99. The molecule has 7 nitrogen and oxygen atoms in total. The van der Waals surface area contributed by atoms with Crippen molar-refractivity contribution in [2.45, 2.75) is 40.9 Å². The number of rotatable bonds is 8. The Morgan fingerprint density at radius 1 is 0.625 bits per heavy atom. The molecule has 0 heterocycles. The predicted molar refractivity (Wildman–Crippen MR) is 122 cm³/mol. The summed E-state index contributed by atoms with van der Waals surface area (Å²) < 4.78 is 19.6. The van der Waals surface area contributed by atoms with Gasteiger partial charge < -0.3 is 23.7 Å². The van der Waals surface area contributed by atoms with E-state index in [1.54, 1.807) is 0 Å². The van der Waals surface area contributed by atoms with Gasteiger partial charge in [0, 0.05) is 0 Å². The number of benzene rings is 2. The largest absolute Gasteiger partial charge is 0.508 e. The van der Waals surface area contributed by atoms with Crippen LogP contribution in [0.4, 0.5) is 9.59 Å². The smallest absolute Gasteiger partial charge is 0.434 e. The van der Waals surface area contributed by atoms with Crippen LogP contribution in [0.5, 0.6) is 0 Å². The molecule has 0 fully saturated rings. The second-order valence-electron chi connectivity index (χ2n) is 7.46. The quantitative estimate of drug-likeness (QED) is 0.473. The molecule has 2 aromatic carbocycles. The molecular weight excluding hydrogens is 412 g/mol. The second kappa shape index (κ2) is 18.4. The van der Waals surface area contributed by atoms with Crippen LogP contribution in [0.15, 0.2) is 60.7 Å². The van der Waals surface area contributed by atoms with E-state index in [0.717, 1.165) is 11.1 Å². The highest BCUT2D eigenvalue weighted by atomic mass is 16.7. The molecule has 0 amide bonds. The molecule has 0 bridgehead atoms. The number of carbonyl (C=O) groups excluding carboxylic acids is 3. The molecule has 0 radical (unpaired) electrons. The van der Waals surface area contributed by atoms with Crippen molar-refractivity contribution in [1.29, 1.82) is 0 Å². The molecule has 0 atom stereocenters. The van der Waals surface area contributed by atoms with Gasteiger partial charge in [-0.25, -0.2) is 9.59 Å². The first kappa shape index (κ1) is 28.6. The van der Waals surface area contributed by atoms with Gasteiger partial charge in [0.25, 0.3) is 0 Å². The zero-order valence-corrected chi connectivity index (χ0v) is 19.3. The molecule has 0 N–H and O–H groups in total. The van der Waals surface area contributed by atoms with E-state index in [1.165, 1.54) is 0 Å². The molecule has 2 rings (SSSR count). The van der Waals surface area contributed by atoms with E-state index in [4.69, 9.17) is 23.7 Å². The van der Waals surface area contributed by atoms with Gasteiger partial charge in [-0.3, -0.25) is 0 Å². The zero-order chi connectivity index (χ0) is 24.2. The Kier molecular flexibility index (Phi) is 16.5. The third kappa shape index (κ3) is 16.4. The van der Waals surface area contributed by atoms with Crippen molar-refractivity contribution in [1.82, 2.24) is 0 Å². The van der Waals surface area contributed by atoms with Crippen LogP contribution < -0.4 is 0 Å². The summed E-state index contributed by atoms with van der Waals surface area (Å²) in [5.74, 6) is 0.656. The normalized spacial score (nSPS) is 9.56. The van der Waals surface area contributed by atoms with E-state index in [2.05, 4.69) is 0 Å². The Labute approximate surface area is 190 Å². The van der Waals surface area contributed by atoms with Crippen molar-refractivity contribution in [2.24, 2.45) is 11.8 Å². The van der Waals surface area contributed by atoms with Crippen LogP contribution >= 0.6 is 0 Å². The fraction of sp³-hybridized carbons (Fsp3) is 0.400. The number of ether oxygens (including phenoxy) is 4. The van der Waals surface area contributed by atoms with Gasteiger partial charge >= 0.3 is 12.3 Å². The highest BCUT2D eigenvalue weighted by molar-refractivity contribution is 5.60. The molecule has 0 unspecified atom stereocenters. The minimum absolute atomic E-state index is 0.262. The summed E-state index contributed by atoms with van der Waals surface area (Å²) in [4.78, 5) is 30.2. The summed E-state index contributed by atoms with van der Waals surface area (Å²) >= 11 is 0. The monoisotopic (exact) mass is 446 g/mol. The lowest BCUT2D eigenvalue weighted by atomic mass is 10.2. The van der Waals surface area contributed by atoms with Crippen molar-refractivity contribution in [2.75, 3.05) is 13.2 Å². The zero-order valence-electron chi connectivity index (χ0n) is 19.3. The van der Waals surface area contributed by atoms with Crippen LogP contribution in [0, 0.1) is 11.8 Å². The Hall–Kier alpha value is -3.35.